The summed E-state index contributed by atoms with van der Waals surface area (Å²) >= 11 is 0. The van der Waals surface area contributed by atoms with Crippen LogP contribution in [0.1, 0.15) is 29.4 Å². The van der Waals surface area contributed by atoms with Gasteiger partial charge >= 0.3 is 6.18 Å². The maximum absolute atomic E-state index is 13.8. The molecule has 2 heterocycles. The molecule has 4 rings (SSSR count). The topological polar surface area (TPSA) is 42.2 Å². The highest BCUT2D eigenvalue weighted by atomic mass is 19.4. The third-order valence-corrected chi connectivity index (χ3v) is 4.86. The summed E-state index contributed by atoms with van der Waals surface area (Å²) in [6.45, 7) is 1.86. The van der Waals surface area contributed by atoms with Crippen molar-refractivity contribution in [3.8, 4) is 11.4 Å². The van der Waals surface area contributed by atoms with Crippen LogP contribution in [-0.2, 0) is 12.7 Å². The summed E-state index contributed by atoms with van der Waals surface area (Å²) in [5.41, 5.74) is 0.123. The van der Waals surface area contributed by atoms with Crippen LogP contribution in [-0.4, -0.2) is 28.1 Å². The van der Waals surface area contributed by atoms with Crippen molar-refractivity contribution >= 4 is 0 Å². The maximum atomic E-state index is 13.8. The number of hydrogen-bond donors (Lipinski definition) is 0. The average Bonchev–Trinajstić information content (AvgIpc) is 3.32. The molecule has 0 N–H and O–H groups in total. The van der Waals surface area contributed by atoms with E-state index >= 15 is 0 Å². The fourth-order valence-electron chi connectivity index (χ4n) is 3.40. The second-order valence-corrected chi connectivity index (χ2v) is 6.85. The Labute approximate surface area is 158 Å². The average molecular weight is 391 g/mol. The Morgan fingerprint density at radius 3 is 2.71 bits per heavy atom. The first kappa shape index (κ1) is 18.6. The molecule has 28 heavy (non-hydrogen) atoms. The molecule has 8 heteroatoms. The van der Waals surface area contributed by atoms with Gasteiger partial charge in [-0.05, 0) is 31.2 Å². The normalized spacial score (nSPS) is 17.9. The van der Waals surface area contributed by atoms with E-state index in [0.717, 1.165) is 25.1 Å². The fourth-order valence-corrected chi connectivity index (χ4v) is 3.40. The number of rotatable bonds is 4. The SMILES string of the molecule is Fc1ccccc1CN1CC[C@@H](c2nc(-c3cccc(C(F)(F)F)c3)no2)C1. The molecule has 3 aromatic rings. The van der Waals surface area contributed by atoms with E-state index in [4.69, 9.17) is 4.52 Å². The maximum Gasteiger partial charge on any atom is 0.416 e. The molecule has 2 aromatic carbocycles. The van der Waals surface area contributed by atoms with Crippen LogP contribution in [0.4, 0.5) is 17.6 Å². The molecule has 1 saturated heterocycles. The summed E-state index contributed by atoms with van der Waals surface area (Å²) in [5.74, 6) is 0.256. The van der Waals surface area contributed by atoms with Crippen LogP contribution in [0.5, 0.6) is 0 Å². The van der Waals surface area contributed by atoms with E-state index in [2.05, 4.69) is 15.0 Å². The van der Waals surface area contributed by atoms with Gasteiger partial charge in [-0.2, -0.15) is 18.2 Å². The molecular weight excluding hydrogens is 374 g/mol. The van der Waals surface area contributed by atoms with Crippen LogP contribution in [0.3, 0.4) is 0 Å². The van der Waals surface area contributed by atoms with Gasteiger partial charge in [0.05, 0.1) is 11.5 Å². The summed E-state index contributed by atoms with van der Waals surface area (Å²) in [4.78, 5) is 6.39. The summed E-state index contributed by atoms with van der Waals surface area (Å²) < 4.78 is 57.8. The first-order chi connectivity index (χ1) is 13.4. The number of aromatic nitrogens is 2. The van der Waals surface area contributed by atoms with E-state index in [1.165, 1.54) is 18.2 Å². The van der Waals surface area contributed by atoms with Crippen molar-refractivity contribution < 1.29 is 22.1 Å². The van der Waals surface area contributed by atoms with Crippen molar-refractivity contribution in [2.45, 2.75) is 25.1 Å². The zero-order valence-electron chi connectivity index (χ0n) is 14.8. The molecule has 146 valence electrons. The third kappa shape index (κ3) is 3.91. The van der Waals surface area contributed by atoms with Crippen LogP contribution in [0.2, 0.25) is 0 Å². The smallest absolute Gasteiger partial charge is 0.339 e. The molecule has 0 radical (unpaired) electrons. The fraction of sp³-hybridized carbons (Fsp3) is 0.300. The van der Waals surface area contributed by atoms with Crippen molar-refractivity contribution in [1.29, 1.82) is 0 Å². The Morgan fingerprint density at radius 1 is 1.11 bits per heavy atom. The number of likely N-dealkylation sites (tertiary alicyclic amines) is 1. The van der Waals surface area contributed by atoms with E-state index in [9.17, 15) is 17.6 Å². The predicted molar refractivity (Wildman–Crippen MR) is 93.8 cm³/mol. The standard InChI is InChI=1S/C20H17F4N3O/c21-17-7-2-1-4-14(17)11-27-9-8-15(12-27)19-25-18(26-28-19)13-5-3-6-16(10-13)20(22,23)24/h1-7,10,15H,8-9,11-12H2/t15-/m1/s1. The van der Waals surface area contributed by atoms with Crippen molar-refractivity contribution in [3.63, 3.8) is 0 Å². The van der Waals surface area contributed by atoms with Crippen molar-refractivity contribution in [1.82, 2.24) is 15.0 Å². The molecule has 1 aliphatic heterocycles. The Morgan fingerprint density at radius 2 is 1.93 bits per heavy atom. The third-order valence-electron chi connectivity index (χ3n) is 4.86. The van der Waals surface area contributed by atoms with Crippen LogP contribution in [0.15, 0.2) is 53.1 Å². The molecule has 0 bridgehead atoms. The lowest BCUT2D eigenvalue weighted by Gasteiger charge is -2.15. The number of nitrogens with zero attached hydrogens (tertiary/aromatic N) is 3. The summed E-state index contributed by atoms with van der Waals surface area (Å²) in [5, 5.41) is 3.85. The van der Waals surface area contributed by atoms with Crippen LogP contribution < -0.4 is 0 Å². The quantitative estimate of drug-likeness (QED) is 0.595. The molecule has 1 fully saturated rings. The molecule has 0 unspecified atom stereocenters. The van der Waals surface area contributed by atoms with Gasteiger partial charge < -0.3 is 4.52 Å². The van der Waals surface area contributed by atoms with Gasteiger partial charge in [0.15, 0.2) is 0 Å². The number of halogens is 4. The lowest BCUT2D eigenvalue weighted by Crippen LogP contribution is -2.20. The lowest BCUT2D eigenvalue weighted by molar-refractivity contribution is -0.137. The molecule has 0 spiro atoms. The van der Waals surface area contributed by atoms with Gasteiger partial charge in [-0.25, -0.2) is 4.39 Å². The van der Waals surface area contributed by atoms with Gasteiger partial charge in [-0.1, -0.05) is 35.5 Å². The summed E-state index contributed by atoms with van der Waals surface area (Å²) in [7, 11) is 0. The monoisotopic (exact) mass is 391 g/mol. The molecular formula is C20H17F4N3O. The number of alkyl halides is 3. The zero-order valence-corrected chi connectivity index (χ0v) is 14.8. The van der Waals surface area contributed by atoms with E-state index in [1.807, 2.05) is 0 Å². The van der Waals surface area contributed by atoms with Crippen LogP contribution >= 0.6 is 0 Å². The molecule has 4 nitrogen and oxygen atoms in total. The molecule has 1 aliphatic rings. The van der Waals surface area contributed by atoms with Crippen molar-refractivity contribution in [2.24, 2.45) is 0 Å². The first-order valence-corrected chi connectivity index (χ1v) is 8.87. The highest BCUT2D eigenvalue weighted by Crippen LogP contribution is 2.33. The van der Waals surface area contributed by atoms with E-state index in [1.54, 1.807) is 18.2 Å². The van der Waals surface area contributed by atoms with Gasteiger partial charge in [0.1, 0.15) is 5.82 Å². The van der Waals surface area contributed by atoms with Crippen LogP contribution in [0.25, 0.3) is 11.4 Å². The Kier molecular flexibility index (Phi) is 4.89. The predicted octanol–water partition coefficient (Wildman–Crippen LogP) is 4.88. The second kappa shape index (κ2) is 7.35. The molecule has 0 aliphatic carbocycles. The number of benzene rings is 2. The van der Waals surface area contributed by atoms with E-state index in [0.29, 0.717) is 24.5 Å². The number of hydrogen-bond acceptors (Lipinski definition) is 4. The molecule has 0 amide bonds. The Bertz CT molecular complexity index is 970. The lowest BCUT2D eigenvalue weighted by atomic mass is 10.1. The minimum Gasteiger partial charge on any atom is -0.339 e. The minimum absolute atomic E-state index is 0.0289. The highest BCUT2D eigenvalue weighted by Gasteiger charge is 2.32. The summed E-state index contributed by atoms with van der Waals surface area (Å²) in [6, 6.07) is 11.5. The molecule has 1 atom stereocenters. The second-order valence-electron chi connectivity index (χ2n) is 6.85. The highest BCUT2D eigenvalue weighted by molar-refractivity contribution is 5.55. The molecule has 0 saturated carbocycles. The minimum atomic E-state index is -4.43. The summed E-state index contributed by atoms with van der Waals surface area (Å²) in [6.07, 6.45) is -3.67. The Balaban J connectivity index is 1.46. The largest absolute Gasteiger partial charge is 0.416 e. The van der Waals surface area contributed by atoms with Gasteiger partial charge in [0, 0.05) is 24.2 Å². The van der Waals surface area contributed by atoms with Crippen molar-refractivity contribution in [2.75, 3.05) is 13.1 Å². The van der Waals surface area contributed by atoms with Gasteiger partial charge in [0.2, 0.25) is 11.7 Å². The van der Waals surface area contributed by atoms with Gasteiger partial charge in [0.25, 0.3) is 0 Å². The molecule has 1 aromatic heterocycles. The van der Waals surface area contributed by atoms with Crippen molar-refractivity contribution in [3.05, 3.63) is 71.4 Å². The van der Waals surface area contributed by atoms with Crippen LogP contribution in [0, 0.1) is 5.82 Å². The zero-order chi connectivity index (χ0) is 19.7. The van der Waals surface area contributed by atoms with Gasteiger partial charge in [-0.3, -0.25) is 4.90 Å². The van der Waals surface area contributed by atoms with Gasteiger partial charge in [-0.15, -0.1) is 0 Å². The van der Waals surface area contributed by atoms with E-state index < -0.39 is 11.7 Å². The first-order valence-electron chi connectivity index (χ1n) is 8.87. The van der Waals surface area contributed by atoms with E-state index in [-0.39, 0.29) is 23.1 Å². The Hall–Kier alpha value is -2.74.